The summed E-state index contributed by atoms with van der Waals surface area (Å²) in [6, 6.07) is 7.49. The molecule has 0 aliphatic carbocycles. The molecule has 0 saturated carbocycles. The predicted molar refractivity (Wildman–Crippen MR) is 103 cm³/mol. The maximum atomic E-state index is 12.5. The molecule has 0 aromatic heterocycles. The summed E-state index contributed by atoms with van der Waals surface area (Å²) in [5.74, 6) is 0.708. The van der Waals surface area contributed by atoms with Crippen molar-refractivity contribution < 1.29 is 14.3 Å². The Morgan fingerprint density at radius 1 is 1.16 bits per heavy atom. The normalized spacial score (nSPS) is 13.5. The van der Waals surface area contributed by atoms with Crippen LogP contribution in [0.1, 0.15) is 46.0 Å². The van der Waals surface area contributed by atoms with Crippen molar-refractivity contribution in [1.29, 1.82) is 0 Å². The summed E-state index contributed by atoms with van der Waals surface area (Å²) in [4.78, 5) is 14.7. The van der Waals surface area contributed by atoms with Crippen LogP contribution < -0.4 is 10.1 Å². The Bertz CT molecular complexity index is 502. The van der Waals surface area contributed by atoms with E-state index in [2.05, 4.69) is 17.1 Å². The molecule has 1 N–H and O–H groups in total. The highest BCUT2D eigenvalue weighted by Gasteiger charge is 2.32. The second-order valence-electron chi connectivity index (χ2n) is 6.88. The minimum absolute atomic E-state index is 0.106. The van der Waals surface area contributed by atoms with Crippen LogP contribution in [0.25, 0.3) is 0 Å². The molecule has 0 radical (unpaired) electrons. The fourth-order valence-corrected chi connectivity index (χ4v) is 2.49. The highest BCUT2D eigenvalue weighted by Crippen LogP contribution is 2.22. The quantitative estimate of drug-likeness (QED) is 0.580. The number of nitrogens with one attached hydrogen (secondary N) is 1. The topological polar surface area (TPSA) is 50.8 Å². The highest BCUT2D eigenvalue weighted by atomic mass is 16.5. The Hall–Kier alpha value is -1.59. The van der Waals surface area contributed by atoms with Crippen LogP contribution in [0.4, 0.5) is 5.69 Å². The third-order valence-corrected chi connectivity index (χ3v) is 4.32. The molecule has 1 aromatic carbocycles. The van der Waals surface area contributed by atoms with Crippen molar-refractivity contribution in [3.05, 3.63) is 24.3 Å². The van der Waals surface area contributed by atoms with E-state index in [0.29, 0.717) is 6.61 Å². The van der Waals surface area contributed by atoms with Gasteiger partial charge in [0.15, 0.2) is 0 Å². The molecule has 0 unspecified atom stereocenters. The van der Waals surface area contributed by atoms with Crippen molar-refractivity contribution in [3.8, 4) is 5.75 Å². The molecule has 0 aliphatic rings. The third kappa shape index (κ3) is 7.88. The first-order valence-corrected chi connectivity index (χ1v) is 9.15. The number of ether oxygens (including phenoxy) is 2. The van der Waals surface area contributed by atoms with E-state index in [4.69, 9.17) is 9.47 Å². The minimum atomic E-state index is -0.795. The summed E-state index contributed by atoms with van der Waals surface area (Å²) < 4.78 is 11.2. The minimum Gasteiger partial charge on any atom is -0.494 e. The van der Waals surface area contributed by atoms with Gasteiger partial charge in [-0.3, -0.25) is 4.79 Å². The van der Waals surface area contributed by atoms with E-state index in [-0.39, 0.29) is 5.91 Å². The van der Waals surface area contributed by atoms with E-state index < -0.39 is 5.60 Å². The van der Waals surface area contributed by atoms with Crippen molar-refractivity contribution >= 4 is 11.6 Å². The summed E-state index contributed by atoms with van der Waals surface area (Å²) in [7, 11) is 5.69. The first-order valence-electron chi connectivity index (χ1n) is 9.15. The number of rotatable bonds is 12. The zero-order valence-corrected chi connectivity index (χ0v) is 16.4. The monoisotopic (exact) mass is 350 g/mol. The van der Waals surface area contributed by atoms with Gasteiger partial charge in [-0.25, -0.2) is 0 Å². The molecule has 0 fully saturated rings. The number of carbonyl (C=O) groups excluding carboxylic acids is 1. The van der Waals surface area contributed by atoms with Crippen LogP contribution in [0.5, 0.6) is 5.75 Å². The van der Waals surface area contributed by atoms with Gasteiger partial charge in [-0.05, 0) is 58.1 Å². The lowest BCUT2D eigenvalue weighted by molar-refractivity contribution is -0.136. The first-order chi connectivity index (χ1) is 11.9. The van der Waals surface area contributed by atoms with Gasteiger partial charge in [0.2, 0.25) is 0 Å². The number of carbonyl (C=O) groups is 1. The number of methoxy groups -OCH3 is 1. The van der Waals surface area contributed by atoms with Gasteiger partial charge in [0.05, 0.1) is 6.61 Å². The van der Waals surface area contributed by atoms with Crippen LogP contribution in [0.2, 0.25) is 0 Å². The van der Waals surface area contributed by atoms with E-state index in [0.717, 1.165) is 50.1 Å². The zero-order valence-electron chi connectivity index (χ0n) is 16.4. The third-order valence-electron chi connectivity index (χ3n) is 4.32. The van der Waals surface area contributed by atoms with Gasteiger partial charge in [0, 0.05) is 19.3 Å². The fraction of sp³-hybridized carbons (Fsp3) is 0.650. The average Bonchev–Trinajstić information content (AvgIpc) is 2.60. The van der Waals surface area contributed by atoms with Gasteiger partial charge >= 0.3 is 0 Å². The van der Waals surface area contributed by atoms with E-state index in [1.165, 1.54) is 0 Å². The summed E-state index contributed by atoms with van der Waals surface area (Å²) >= 11 is 0. The van der Waals surface area contributed by atoms with E-state index in [9.17, 15) is 4.79 Å². The largest absolute Gasteiger partial charge is 0.494 e. The number of benzene rings is 1. The number of anilines is 1. The molecule has 1 rings (SSSR count). The lowest BCUT2D eigenvalue weighted by Crippen LogP contribution is -2.41. The molecule has 0 aliphatic heterocycles. The number of unbranched alkanes of at least 4 members (excludes halogenated alkanes) is 2. The Balaban J connectivity index is 2.51. The average molecular weight is 351 g/mol. The van der Waals surface area contributed by atoms with Crippen LogP contribution >= 0.6 is 0 Å². The molecule has 5 nitrogen and oxygen atoms in total. The summed E-state index contributed by atoms with van der Waals surface area (Å²) in [5, 5.41) is 2.94. The number of nitrogens with zero attached hydrogens (tertiary/aromatic N) is 1. The maximum absolute atomic E-state index is 12.5. The van der Waals surface area contributed by atoms with Crippen LogP contribution in [-0.4, -0.2) is 50.8 Å². The van der Waals surface area contributed by atoms with Crippen LogP contribution in [0.3, 0.4) is 0 Å². The van der Waals surface area contributed by atoms with Crippen molar-refractivity contribution in [3.63, 3.8) is 0 Å². The molecule has 142 valence electrons. The van der Waals surface area contributed by atoms with Crippen molar-refractivity contribution in [2.24, 2.45) is 0 Å². The molecule has 0 saturated heterocycles. The molecule has 1 amide bonds. The van der Waals surface area contributed by atoms with Gasteiger partial charge in [0.25, 0.3) is 5.91 Å². The molecule has 0 spiro atoms. The van der Waals surface area contributed by atoms with Gasteiger partial charge in [0.1, 0.15) is 11.4 Å². The number of amides is 1. The van der Waals surface area contributed by atoms with Crippen LogP contribution in [-0.2, 0) is 9.53 Å². The highest BCUT2D eigenvalue weighted by molar-refractivity contribution is 5.97. The van der Waals surface area contributed by atoms with Gasteiger partial charge in [-0.15, -0.1) is 0 Å². The van der Waals surface area contributed by atoms with Crippen molar-refractivity contribution in [1.82, 2.24) is 4.90 Å². The Kier molecular flexibility index (Phi) is 9.53. The Labute approximate surface area is 152 Å². The zero-order chi connectivity index (χ0) is 18.7. The van der Waals surface area contributed by atoms with Gasteiger partial charge < -0.3 is 19.7 Å². The number of hydrogen-bond acceptors (Lipinski definition) is 4. The second kappa shape index (κ2) is 11.1. The standard InChI is InChI=1S/C20H34N2O3/c1-6-7-8-14-20(2,24-5)19(23)21-17-10-12-18(13-11-17)25-16-9-15-22(3)4/h10-13H,6-9,14-16H2,1-5H3,(H,21,23)/t20-/m1/s1. The number of hydrogen-bond donors (Lipinski definition) is 1. The molecular formula is C20H34N2O3. The lowest BCUT2D eigenvalue weighted by atomic mass is 9.97. The summed E-state index contributed by atoms with van der Waals surface area (Å²) in [6.45, 7) is 5.68. The van der Waals surface area contributed by atoms with E-state index in [1.54, 1.807) is 7.11 Å². The smallest absolute Gasteiger partial charge is 0.256 e. The van der Waals surface area contributed by atoms with E-state index >= 15 is 0 Å². The first kappa shape index (κ1) is 21.5. The van der Waals surface area contributed by atoms with E-state index in [1.807, 2.05) is 45.3 Å². The molecule has 25 heavy (non-hydrogen) atoms. The lowest BCUT2D eigenvalue weighted by Gasteiger charge is -2.27. The van der Waals surface area contributed by atoms with Crippen molar-refractivity contribution in [2.75, 3.05) is 39.7 Å². The molecule has 1 aromatic rings. The fourth-order valence-electron chi connectivity index (χ4n) is 2.49. The molecular weight excluding hydrogens is 316 g/mol. The van der Waals surface area contributed by atoms with Crippen LogP contribution in [0.15, 0.2) is 24.3 Å². The Morgan fingerprint density at radius 2 is 1.84 bits per heavy atom. The predicted octanol–water partition coefficient (Wildman–Crippen LogP) is 3.94. The summed E-state index contributed by atoms with van der Waals surface area (Å²) in [5.41, 5.74) is -0.0410. The maximum Gasteiger partial charge on any atom is 0.256 e. The summed E-state index contributed by atoms with van der Waals surface area (Å²) in [6.07, 6.45) is 4.91. The Morgan fingerprint density at radius 3 is 2.40 bits per heavy atom. The molecule has 5 heteroatoms. The molecule has 1 atom stereocenters. The molecule has 0 heterocycles. The SMILES string of the molecule is CCCCC[C@@](C)(OC)C(=O)Nc1ccc(OCCCN(C)C)cc1. The molecule has 0 bridgehead atoms. The van der Waals surface area contributed by atoms with Crippen molar-refractivity contribution in [2.45, 2.75) is 51.6 Å². The van der Waals surface area contributed by atoms with Gasteiger partial charge in [-0.2, -0.15) is 0 Å². The van der Waals surface area contributed by atoms with Gasteiger partial charge in [-0.1, -0.05) is 26.2 Å². The van der Waals surface area contributed by atoms with Crippen LogP contribution in [0, 0.1) is 0 Å². The second-order valence-corrected chi connectivity index (χ2v) is 6.88.